The van der Waals surface area contributed by atoms with Gasteiger partial charge in [-0.3, -0.25) is 4.79 Å². The number of nitrogens with one attached hydrogen (secondary N) is 1. The summed E-state index contributed by atoms with van der Waals surface area (Å²) in [4.78, 5) is 12.3. The molecule has 3 N–H and O–H groups in total. The molecule has 6 nitrogen and oxygen atoms in total. The molecule has 1 aromatic rings. The van der Waals surface area contributed by atoms with Crippen molar-refractivity contribution in [2.75, 3.05) is 27.2 Å². The molecule has 0 saturated heterocycles. The molecule has 24 heavy (non-hydrogen) atoms. The molecule has 0 spiro atoms. The third kappa shape index (κ3) is 6.05. The van der Waals surface area contributed by atoms with Crippen LogP contribution in [-0.4, -0.2) is 51.4 Å². The molecule has 0 aliphatic rings. The number of benzene rings is 1. The predicted octanol–water partition coefficient (Wildman–Crippen LogP) is 1.07. The van der Waals surface area contributed by atoms with Gasteiger partial charge in [0.15, 0.2) is 0 Å². The van der Waals surface area contributed by atoms with E-state index in [0.29, 0.717) is 6.54 Å². The van der Waals surface area contributed by atoms with Crippen LogP contribution in [0.1, 0.15) is 37.6 Å². The predicted molar refractivity (Wildman–Crippen MR) is 95.8 cm³/mol. The number of quaternary nitrogens is 1. The zero-order valence-electron chi connectivity index (χ0n) is 14.9. The normalized spacial score (nSPS) is 12.5. The Hall–Kier alpha value is -1.15. The summed E-state index contributed by atoms with van der Waals surface area (Å²) in [6, 6.07) is 4.14. The van der Waals surface area contributed by atoms with Gasteiger partial charge in [0.2, 0.25) is 10.0 Å². The molecule has 0 heterocycles. The lowest BCUT2D eigenvalue weighted by Crippen LogP contribution is -2.94. The highest BCUT2D eigenvalue weighted by Crippen LogP contribution is 2.22. The van der Waals surface area contributed by atoms with Crippen molar-refractivity contribution < 1.29 is 18.5 Å². The molecule has 1 rings (SSSR count). The average Bonchev–Trinajstić information content (AvgIpc) is 2.45. The smallest absolute Gasteiger partial charge is 0.252 e. The minimum Gasteiger partial charge on any atom is -0.352 e. The lowest BCUT2D eigenvalue weighted by molar-refractivity contribution is -0.717. The van der Waals surface area contributed by atoms with Gasteiger partial charge in [0.05, 0.1) is 27.6 Å². The van der Waals surface area contributed by atoms with Crippen LogP contribution in [0.5, 0.6) is 0 Å². The lowest BCUT2D eigenvalue weighted by atomic mass is 10.1. The molecule has 136 valence electrons. The Bertz CT molecular complexity index is 682. The van der Waals surface area contributed by atoms with Gasteiger partial charge in [0, 0.05) is 27.1 Å². The minimum absolute atomic E-state index is 0.0446. The molecule has 0 radical (unpaired) electrons. The molecule has 0 saturated carbocycles. The SMILES string of the molecule is CN(C)S(=O)(=O)c1ccc(Cl)c(C(=O)NCCC[NH2+]C(C)(C)C)c1. The molecule has 0 fully saturated rings. The maximum atomic E-state index is 12.3. The summed E-state index contributed by atoms with van der Waals surface area (Å²) in [5, 5.41) is 5.22. The summed E-state index contributed by atoms with van der Waals surface area (Å²) in [6.07, 6.45) is 0.816. The van der Waals surface area contributed by atoms with E-state index in [1.807, 2.05) is 0 Å². The lowest BCUT2D eigenvalue weighted by Gasteiger charge is -2.16. The van der Waals surface area contributed by atoms with Crippen LogP contribution >= 0.6 is 11.6 Å². The van der Waals surface area contributed by atoms with Crippen molar-refractivity contribution in [3.63, 3.8) is 0 Å². The average molecular weight is 377 g/mol. The van der Waals surface area contributed by atoms with Crippen LogP contribution in [-0.2, 0) is 10.0 Å². The molecule has 1 aromatic carbocycles. The first kappa shape index (κ1) is 20.9. The number of halogens is 1. The van der Waals surface area contributed by atoms with E-state index in [9.17, 15) is 13.2 Å². The second-order valence-corrected chi connectivity index (χ2v) is 9.46. The number of amides is 1. The third-order valence-corrected chi connectivity index (χ3v) is 5.52. The quantitative estimate of drug-likeness (QED) is 0.698. The Morgan fingerprint density at radius 1 is 1.29 bits per heavy atom. The van der Waals surface area contributed by atoms with Gasteiger partial charge >= 0.3 is 0 Å². The Morgan fingerprint density at radius 2 is 1.92 bits per heavy atom. The topological polar surface area (TPSA) is 83.1 Å². The van der Waals surface area contributed by atoms with Crippen molar-refractivity contribution in [3.8, 4) is 0 Å². The summed E-state index contributed by atoms with van der Waals surface area (Å²) in [5.74, 6) is -0.369. The first-order valence-corrected chi connectivity index (χ1v) is 9.61. The molecule has 0 aromatic heterocycles. The molecule has 0 aliphatic carbocycles. The zero-order valence-corrected chi connectivity index (χ0v) is 16.5. The highest BCUT2D eigenvalue weighted by atomic mass is 35.5. The van der Waals surface area contributed by atoms with Crippen LogP contribution in [0.25, 0.3) is 0 Å². The van der Waals surface area contributed by atoms with Crippen molar-refractivity contribution in [1.29, 1.82) is 0 Å². The van der Waals surface area contributed by atoms with Crippen LogP contribution in [0.3, 0.4) is 0 Å². The van der Waals surface area contributed by atoms with Gasteiger partial charge in [0.1, 0.15) is 0 Å². The Labute approximate surface area is 149 Å². The standard InChI is InChI=1S/C16H26ClN3O3S/c1-16(2,3)19-10-6-9-18-15(21)13-11-12(7-8-14(13)17)24(22,23)20(4)5/h7-8,11,19H,6,9-10H2,1-5H3,(H,18,21)/p+1. The number of carbonyl (C=O) groups excluding carboxylic acids is 1. The van der Waals surface area contributed by atoms with Crippen LogP contribution in [0.15, 0.2) is 23.1 Å². The molecule has 0 aliphatic heterocycles. The minimum atomic E-state index is -3.61. The monoisotopic (exact) mass is 376 g/mol. The van der Waals surface area contributed by atoms with E-state index in [4.69, 9.17) is 11.6 Å². The molecular weight excluding hydrogens is 350 g/mol. The van der Waals surface area contributed by atoms with Crippen LogP contribution in [0.4, 0.5) is 0 Å². The maximum absolute atomic E-state index is 12.3. The highest BCUT2D eigenvalue weighted by Gasteiger charge is 2.20. The van der Waals surface area contributed by atoms with Gasteiger partial charge in [0.25, 0.3) is 5.91 Å². The molecule has 8 heteroatoms. The van der Waals surface area contributed by atoms with E-state index in [0.717, 1.165) is 17.3 Å². The van der Waals surface area contributed by atoms with Crippen LogP contribution in [0.2, 0.25) is 5.02 Å². The van der Waals surface area contributed by atoms with Crippen molar-refractivity contribution in [1.82, 2.24) is 9.62 Å². The number of nitrogens with two attached hydrogens (primary N) is 1. The summed E-state index contributed by atoms with van der Waals surface area (Å²) in [6.45, 7) is 7.78. The van der Waals surface area contributed by atoms with E-state index < -0.39 is 10.0 Å². The van der Waals surface area contributed by atoms with E-state index in [2.05, 4.69) is 31.4 Å². The van der Waals surface area contributed by atoms with Crippen LogP contribution < -0.4 is 10.6 Å². The number of hydrogen-bond acceptors (Lipinski definition) is 3. The fourth-order valence-electron chi connectivity index (χ4n) is 1.98. The number of carbonyl (C=O) groups is 1. The third-order valence-electron chi connectivity index (χ3n) is 3.38. The van der Waals surface area contributed by atoms with E-state index in [1.54, 1.807) is 0 Å². The molecular formula is C16H27ClN3O3S+. The van der Waals surface area contributed by atoms with Crippen molar-refractivity contribution in [2.24, 2.45) is 0 Å². The van der Waals surface area contributed by atoms with Crippen molar-refractivity contribution >= 4 is 27.5 Å². The fraction of sp³-hybridized carbons (Fsp3) is 0.562. The Morgan fingerprint density at radius 3 is 2.46 bits per heavy atom. The van der Waals surface area contributed by atoms with Gasteiger partial charge in [-0.1, -0.05) is 11.6 Å². The van der Waals surface area contributed by atoms with Gasteiger partial charge in [-0.05, 0) is 39.0 Å². The van der Waals surface area contributed by atoms with Gasteiger partial charge in [-0.15, -0.1) is 0 Å². The first-order chi connectivity index (χ1) is 10.9. The summed E-state index contributed by atoms with van der Waals surface area (Å²) in [7, 11) is -0.726. The summed E-state index contributed by atoms with van der Waals surface area (Å²) < 4.78 is 25.4. The second-order valence-electron chi connectivity index (χ2n) is 6.90. The van der Waals surface area contributed by atoms with Gasteiger partial charge in [-0.2, -0.15) is 0 Å². The van der Waals surface area contributed by atoms with Gasteiger partial charge < -0.3 is 10.6 Å². The second kappa shape index (κ2) is 8.29. The summed E-state index contributed by atoms with van der Waals surface area (Å²) in [5.41, 5.74) is 0.321. The largest absolute Gasteiger partial charge is 0.352 e. The molecule has 1 amide bonds. The highest BCUT2D eigenvalue weighted by molar-refractivity contribution is 7.89. The zero-order chi connectivity index (χ0) is 18.5. The maximum Gasteiger partial charge on any atom is 0.252 e. The molecule has 0 atom stereocenters. The summed E-state index contributed by atoms with van der Waals surface area (Å²) >= 11 is 6.05. The molecule has 0 bridgehead atoms. The Balaban J connectivity index is 2.74. The van der Waals surface area contributed by atoms with E-state index in [-0.39, 0.29) is 26.9 Å². The van der Waals surface area contributed by atoms with Crippen molar-refractivity contribution in [2.45, 2.75) is 37.6 Å². The first-order valence-electron chi connectivity index (χ1n) is 7.80. The Kier molecular flexibility index (Phi) is 7.22. The van der Waals surface area contributed by atoms with Gasteiger partial charge in [-0.25, -0.2) is 12.7 Å². The van der Waals surface area contributed by atoms with E-state index in [1.165, 1.54) is 32.3 Å². The van der Waals surface area contributed by atoms with Crippen LogP contribution in [0, 0.1) is 0 Å². The van der Waals surface area contributed by atoms with Crippen molar-refractivity contribution in [3.05, 3.63) is 28.8 Å². The number of nitrogens with zero attached hydrogens (tertiary/aromatic N) is 1. The number of hydrogen-bond donors (Lipinski definition) is 2. The number of sulfonamides is 1. The molecule has 0 unspecified atom stereocenters. The van der Waals surface area contributed by atoms with E-state index >= 15 is 0 Å². The number of rotatable bonds is 7. The fourth-order valence-corrected chi connectivity index (χ4v) is 3.12.